The van der Waals surface area contributed by atoms with E-state index in [1.54, 1.807) is 20.4 Å². The number of hydrogen-bond acceptors (Lipinski definition) is 4. The van der Waals surface area contributed by atoms with Crippen molar-refractivity contribution in [2.45, 2.75) is 45.4 Å². The monoisotopic (exact) mass is 265 g/mol. The summed E-state index contributed by atoms with van der Waals surface area (Å²) in [7, 11) is 3.13. The Bertz CT molecular complexity index is 418. The Morgan fingerprint density at radius 2 is 1.95 bits per heavy atom. The Balaban J connectivity index is 0.000000861. The van der Waals surface area contributed by atoms with Gasteiger partial charge in [0.15, 0.2) is 5.75 Å². The van der Waals surface area contributed by atoms with Gasteiger partial charge in [-0.1, -0.05) is 20.3 Å². The molecule has 4 heteroatoms. The highest BCUT2D eigenvalue weighted by Crippen LogP contribution is 2.33. The van der Waals surface area contributed by atoms with Crippen LogP contribution in [-0.4, -0.2) is 25.0 Å². The van der Waals surface area contributed by atoms with Crippen molar-refractivity contribution in [2.24, 2.45) is 0 Å². The van der Waals surface area contributed by atoms with Crippen LogP contribution in [-0.2, 0) is 4.79 Å². The van der Waals surface area contributed by atoms with Gasteiger partial charge in [-0.05, 0) is 24.5 Å². The summed E-state index contributed by atoms with van der Waals surface area (Å²) in [6, 6.07) is 1.86. The summed E-state index contributed by atoms with van der Waals surface area (Å²) >= 11 is 0. The fourth-order valence-electron chi connectivity index (χ4n) is 2.27. The minimum absolute atomic E-state index is 0.0175. The molecule has 1 aliphatic carbocycles. The van der Waals surface area contributed by atoms with Crippen LogP contribution < -0.4 is 9.47 Å². The number of carbonyl (C=O) groups excluding carboxylic acids is 1. The van der Waals surface area contributed by atoms with E-state index in [0.29, 0.717) is 23.8 Å². The summed E-state index contributed by atoms with van der Waals surface area (Å²) in [6.45, 7) is 4.00. The van der Waals surface area contributed by atoms with Crippen LogP contribution in [0.2, 0.25) is 0 Å². The first-order valence-corrected chi connectivity index (χ1v) is 6.87. The van der Waals surface area contributed by atoms with E-state index in [4.69, 9.17) is 9.47 Å². The number of Topliss-reactive ketones (excluding diaryl/α,β-unsaturated/α-hetero) is 1. The second-order valence-electron chi connectivity index (χ2n) is 4.24. The van der Waals surface area contributed by atoms with Crippen molar-refractivity contribution in [1.29, 1.82) is 0 Å². The van der Waals surface area contributed by atoms with Gasteiger partial charge in [0.05, 0.1) is 14.2 Å². The molecule has 2 rings (SSSR count). The minimum atomic E-state index is -0.0175. The quantitative estimate of drug-likeness (QED) is 0.841. The highest BCUT2D eigenvalue weighted by Gasteiger charge is 2.25. The van der Waals surface area contributed by atoms with E-state index in [0.717, 1.165) is 24.8 Å². The lowest BCUT2D eigenvalue weighted by molar-refractivity contribution is -0.121. The molecule has 0 amide bonds. The van der Waals surface area contributed by atoms with Gasteiger partial charge in [0.2, 0.25) is 0 Å². The first-order chi connectivity index (χ1) is 9.26. The summed E-state index contributed by atoms with van der Waals surface area (Å²) < 4.78 is 10.3. The van der Waals surface area contributed by atoms with Gasteiger partial charge in [0.25, 0.3) is 5.88 Å². The zero-order chi connectivity index (χ0) is 14.3. The normalized spacial score (nSPS) is 18.3. The van der Waals surface area contributed by atoms with Crippen LogP contribution in [0.1, 0.15) is 51.0 Å². The molecular weight excluding hydrogens is 242 g/mol. The molecular formula is C15H23NO3. The first-order valence-electron chi connectivity index (χ1n) is 6.87. The molecule has 0 N–H and O–H groups in total. The van der Waals surface area contributed by atoms with Crippen LogP contribution in [0.5, 0.6) is 11.6 Å². The number of nitrogens with zero attached hydrogens (tertiary/aromatic N) is 1. The van der Waals surface area contributed by atoms with Gasteiger partial charge in [0.1, 0.15) is 5.78 Å². The van der Waals surface area contributed by atoms with E-state index in [1.807, 2.05) is 19.9 Å². The highest BCUT2D eigenvalue weighted by molar-refractivity contribution is 5.86. The van der Waals surface area contributed by atoms with Gasteiger partial charge in [-0.2, -0.15) is 0 Å². The molecule has 1 fully saturated rings. The average Bonchev–Trinajstić information content (AvgIpc) is 2.49. The zero-order valence-electron chi connectivity index (χ0n) is 12.2. The third-order valence-corrected chi connectivity index (χ3v) is 3.21. The van der Waals surface area contributed by atoms with Crippen molar-refractivity contribution in [1.82, 2.24) is 4.98 Å². The van der Waals surface area contributed by atoms with E-state index < -0.39 is 0 Å². The Kier molecular flexibility index (Phi) is 6.33. The average molecular weight is 265 g/mol. The van der Waals surface area contributed by atoms with E-state index in [2.05, 4.69) is 4.98 Å². The fourth-order valence-corrected chi connectivity index (χ4v) is 2.27. The maximum Gasteiger partial charge on any atom is 0.256 e. The van der Waals surface area contributed by atoms with Gasteiger partial charge in [-0.25, -0.2) is 4.98 Å². The van der Waals surface area contributed by atoms with Crippen LogP contribution >= 0.6 is 0 Å². The van der Waals surface area contributed by atoms with Gasteiger partial charge >= 0.3 is 0 Å². The van der Waals surface area contributed by atoms with Crippen LogP contribution in [0.25, 0.3) is 0 Å². The Morgan fingerprint density at radius 3 is 2.53 bits per heavy atom. The summed E-state index contributed by atoms with van der Waals surface area (Å²) in [6.07, 6.45) is 5.42. The fraction of sp³-hybridized carbons (Fsp3) is 0.600. The summed E-state index contributed by atoms with van der Waals surface area (Å²) in [5.74, 6) is 1.34. The maximum absolute atomic E-state index is 11.8. The lowest BCUT2D eigenvalue weighted by Crippen LogP contribution is -2.17. The number of pyridine rings is 1. The second kappa shape index (κ2) is 7.77. The van der Waals surface area contributed by atoms with Crippen molar-refractivity contribution in [3.8, 4) is 11.6 Å². The number of aromatic nitrogens is 1. The van der Waals surface area contributed by atoms with Gasteiger partial charge in [0, 0.05) is 18.5 Å². The number of ketones is 1. The maximum atomic E-state index is 11.8. The molecule has 1 atom stereocenters. The molecule has 1 aromatic rings. The van der Waals surface area contributed by atoms with E-state index in [9.17, 15) is 4.79 Å². The largest absolute Gasteiger partial charge is 0.491 e. The number of ether oxygens (including phenoxy) is 2. The van der Waals surface area contributed by atoms with Crippen molar-refractivity contribution in [3.63, 3.8) is 0 Å². The number of hydrogen-bond donors (Lipinski definition) is 0. The Morgan fingerprint density at radius 1 is 1.21 bits per heavy atom. The van der Waals surface area contributed by atoms with Gasteiger partial charge in [-0.3, -0.25) is 4.79 Å². The summed E-state index contributed by atoms with van der Waals surface area (Å²) in [4.78, 5) is 16.0. The van der Waals surface area contributed by atoms with Crippen molar-refractivity contribution >= 4 is 5.78 Å². The molecule has 1 saturated carbocycles. The van der Waals surface area contributed by atoms with Crippen molar-refractivity contribution < 1.29 is 14.3 Å². The standard InChI is InChI=1S/C13H17NO3.C2H6/c1-16-12-7-9(8-14-13(12)17-2)10-5-3-4-6-11(10)15;1-2/h7-8,10H,3-6H2,1-2H3;1-2H3. The first kappa shape index (κ1) is 15.5. The smallest absolute Gasteiger partial charge is 0.256 e. The molecule has 4 nitrogen and oxygen atoms in total. The Labute approximate surface area is 115 Å². The second-order valence-corrected chi connectivity index (χ2v) is 4.24. The molecule has 1 aromatic heterocycles. The zero-order valence-corrected chi connectivity index (χ0v) is 12.2. The van der Waals surface area contributed by atoms with E-state index in [1.165, 1.54) is 0 Å². The third kappa shape index (κ3) is 3.69. The van der Waals surface area contributed by atoms with Crippen molar-refractivity contribution in [3.05, 3.63) is 17.8 Å². The van der Waals surface area contributed by atoms with Crippen molar-refractivity contribution in [2.75, 3.05) is 14.2 Å². The molecule has 19 heavy (non-hydrogen) atoms. The lowest BCUT2D eigenvalue weighted by Gasteiger charge is -2.21. The third-order valence-electron chi connectivity index (χ3n) is 3.21. The molecule has 0 aliphatic heterocycles. The van der Waals surface area contributed by atoms with Crippen LogP contribution in [0.3, 0.4) is 0 Å². The Hall–Kier alpha value is -1.58. The van der Waals surface area contributed by atoms with Crippen LogP contribution in [0.15, 0.2) is 12.3 Å². The molecule has 1 unspecified atom stereocenters. The highest BCUT2D eigenvalue weighted by atomic mass is 16.5. The molecule has 0 radical (unpaired) electrons. The topological polar surface area (TPSA) is 48.4 Å². The van der Waals surface area contributed by atoms with E-state index in [-0.39, 0.29) is 5.92 Å². The predicted octanol–water partition coefficient (Wildman–Crippen LogP) is 3.35. The SMILES string of the molecule is CC.COc1cc(C2CCCCC2=O)cnc1OC. The van der Waals surface area contributed by atoms with Gasteiger partial charge in [-0.15, -0.1) is 0 Å². The van der Waals surface area contributed by atoms with E-state index >= 15 is 0 Å². The van der Waals surface area contributed by atoms with Crippen LogP contribution in [0.4, 0.5) is 0 Å². The van der Waals surface area contributed by atoms with Crippen LogP contribution in [0, 0.1) is 0 Å². The molecule has 0 aromatic carbocycles. The summed E-state index contributed by atoms with van der Waals surface area (Å²) in [5.41, 5.74) is 0.937. The molecule has 0 bridgehead atoms. The molecule has 1 aliphatic rings. The van der Waals surface area contributed by atoms with Gasteiger partial charge < -0.3 is 9.47 Å². The molecule has 1 heterocycles. The number of methoxy groups -OCH3 is 2. The predicted molar refractivity (Wildman–Crippen MR) is 74.9 cm³/mol. The summed E-state index contributed by atoms with van der Waals surface area (Å²) in [5, 5.41) is 0. The molecule has 0 saturated heterocycles. The lowest BCUT2D eigenvalue weighted by atomic mass is 9.83. The number of carbonyl (C=O) groups is 1. The molecule has 106 valence electrons. The number of rotatable bonds is 3. The minimum Gasteiger partial charge on any atom is -0.491 e. The molecule has 0 spiro atoms.